The van der Waals surface area contributed by atoms with Crippen LogP contribution in [0, 0.1) is 5.41 Å². The molecule has 3 aromatic rings. The predicted octanol–water partition coefficient (Wildman–Crippen LogP) is 7.37. The lowest BCUT2D eigenvalue weighted by atomic mass is 9.74. The number of hydrogen-bond donors (Lipinski definition) is 2. The molecule has 202 valence electrons. The number of amides is 1. The molecule has 2 aliphatic rings. The first-order valence-electron chi connectivity index (χ1n) is 13.6. The summed E-state index contributed by atoms with van der Waals surface area (Å²) in [6, 6.07) is 17.0. The zero-order valence-corrected chi connectivity index (χ0v) is 22.6. The van der Waals surface area contributed by atoms with E-state index in [4.69, 9.17) is 4.42 Å². The highest BCUT2D eigenvalue weighted by atomic mass is 16.4. The molecule has 2 aromatic carbocycles. The number of unbranched alkanes of at least 4 members (excludes halogenated alkanes) is 2. The lowest BCUT2D eigenvalue weighted by Crippen LogP contribution is -2.39. The van der Waals surface area contributed by atoms with Gasteiger partial charge in [-0.3, -0.25) is 14.5 Å². The van der Waals surface area contributed by atoms with Gasteiger partial charge in [0.15, 0.2) is 5.78 Å². The van der Waals surface area contributed by atoms with E-state index in [0.29, 0.717) is 47.6 Å². The van der Waals surface area contributed by atoms with Gasteiger partial charge in [0, 0.05) is 29.7 Å². The number of nitrogens with one attached hydrogen (secondary N) is 1. The number of Topliss-reactive ketones (excluding diaryl/α,β-unsaturated/α-hetero) is 1. The Balaban J connectivity index is 1.68. The Morgan fingerprint density at radius 2 is 1.85 bits per heavy atom. The van der Waals surface area contributed by atoms with Crippen LogP contribution in [0.2, 0.25) is 0 Å². The fourth-order valence-corrected chi connectivity index (χ4v) is 5.64. The van der Waals surface area contributed by atoms with Gasteiger partial charge in [0.1, 0.15) is 17.6 Å². The zero-order chi connectivity index (χ0) is 27.7. The van der Waals surface area contributed by atoms with E-state index in [1.54, 1.807) is 35.2 Å². The number of carboxylic acids is 1. The van der Waals surface area contributed by atoms with Crippen molar-refractivity contribution in [2.45, 2.75) is 65.3 Å². The number of carbonyl (C=O) groups is 3. The van der Waals surface area contributed by atoms with Crippen LogP contribution in [0.15, 0.2) is 76.4 Å². The van der Waals surface area contributed by atoms with Crippen molar-refractivity contribution in [3.05, 3.63) is 83.3 Å². The molecule has 0 radical (unpaired) electrons. The molecule has 7 nitrogen and oxygen atoms in total. The number of rotatable bonds is 7. The van der Waals surface area contributed by atoms with Gasteiger partial charge in [-0.25, -0.2) is 4.79 Å². The molecule has 2 N–H and O–H groups in total. The second-order valence-corrected chi connectivity index (χ2v) is 11.2. The number of para-hydroxylation sites is 2. The van der Waals surface area contributed by atoms with Crippen LogP contribution in [0.25, 0.3) is 11.3 Å². The molecule has 0 unspecified atom stereocenters. The van der Waals surface area contributed by atoms with Gasteiger partial charge in [-0.2, -0.15) is 0 Å². The lowest BCUT2D eigenvalue weighted by Gasteiger charge is -2.36. The third-order valence-electron chi connectivity index (χ3n) is 7.45. The maximum Gasteiger partial charge on any atom is 0.335 e. The number of fused-ring (bicyclic) bond motifs is 1. The van der Waals surface area contributed by atoms with Crippen molar-refractivity contribution in [1.29, 1.82) is 0 Å². The molecule has 0 saturated heterocycles. The molecule has 5 rings (SSSR count). The van der Waals surface area contributed by atoms with Gasteiger partial charge >= 0.3 is 5.97 Å². The van der Waals surface area contributed by atoms with Crippen LogP contribution < -0.4 is 10.2 Å². The van der Waals surface area contributed by atoms with Crippen LogP contribution in [-0.2, 0) is 9.59 Å². The molecule has 0 fully saturated rings. The number of furan rings is 1. The summed E-state index contributed by atoms with van der Waals surface area (Å²) < 4.78 is 6.37. The Hall–Kier alpha value is -4.13. The summed E-state index contributed by atoms with van der Waals surface area (Å²) in [5.74, 6) is -0.163. The zero-order valence-electron chi connectivity index (χ0n) is 22.6. The van der Waals surface area contributed by atoms with E-state index in [1.807, 2.05) is 24.3 Å². The summed E-state index contributed by atoms with van der Waals surface area (Å²) in [7, 11) is 0. The van der Waals surface area contributed by atoms with Gasteiger partial charge < -0.3 is 14.8 Å². The Labute approximate surface area is 228 Å². The van der Waals surface area contributed by atoms with Gasteiger partial charge in [-0.15, -0.1) is 0 Å². The number of nitrogens with zero attached hydrogens (tertiary/aromatic N) is 1. The van der Waals surface area contributed by atoms with Crippen LogP contribution in [0.3, 0.4) is 0 Å². The van der Waals surface area contributed by atoms with Gasteiger partial charge in [0.2, 0.25) is 5.91 Å². The number of benzene rings is 2. The Bertz CT molecular complexity index is 1460. The van der Waals surface area contributed by atoms with Gasteiger partial charge in [0.05, 0.1) is 16.9 Å². The minimum absolute atomic E-state index is 0.0104. The Morgan fingerprint density at radius 3 is 2.62 bits per heavy atom. The topological polar surface area (TPSA) is 99.9 Å². The number of ketones is 1. The maximum absolute atomic E-state index is 13.9. The van der Waals surface area contributed by atoms with Crippen molar-refractivity contribution in [1.82, 2.24) is 0 Å². The molecule has 1 atom stereocenters. The third kappa shape index (κ3) is 5.26. The van der Waals surface area contributed by atoms with Crippen LogP contribution in [-0.4, -0.2) is 22.8 Å². The van der Waals surface area contributed by atoms with E-state index >= 15 is 0 Å². The number of carbonyl (C=O) groups excluding carboxylic acids is 2. The molecule has 2 heterocycles. The average Bonchev–Trinajstić information content (AvgIpc) is 3.33. The normalized spacial score (nSPS) is 18.2. The maximum atomic E-state index is 13.9. The van der Waals surface area contributed by atoms with Gasteiger partial charge in [0.25, 0.3) is 0 Å². The molecule has 1 aromatic heterocycles. The quantitative estimate of drug-likeness (QED) is 0.312. The van der Waals surface area contributed by atoms with Crippen LogP contribution >= 0.6 is 0 Å². The highest BCUT2D eigenvalue weighted by Gasteiger charge is 2.44. The molecular weight excluding hydrogens is 492 g/mol. The predicted molar refractivity (Wildman–Crippen MR) is 151 cm³/mol. The molecule has 1 aliphatic heterocycles. The van der Waals surface area contributed by atoms with E-state index in [1.165, 1.54) is 6.07 Å². The first-order chi connectivity index (χ1) is 18.7. The number of aromatic carboxylic acids is 1. The third-order valence-corrected chi connectivity index (χ3v) is 7.45. The fourth-order valence-electron chi connectivity index (χ4n) is 5.64. The molecule has 7 heteroatoms. The Kier molecular flexibility index (Phi) is 7.17. The molecule has 0 saturated carbocycles. The molecule has 0 spiro atoms. The number of allylic oxidation sites excluding steroid dienone is 1. The summed E-state index contributed by atoms with van der Waals surface area (Å²) >= 11 is 0. The summed E-state index contributed by atoms with van der Waals surface area (Å²) in [5, 5.41) is 13.0. The van der Waals surface area contributed by atoms with E-state index in [9.17, 15) is 19.5 Å². The first-order valence-corrected chi connectivity index (χ1v) is 13.6. The lowest BCUT2D eigenvalue weighted by molar-refractivity contribution is -0.119. The van der Waals surface area contributed by atoms with E-state index < -0.39 is 12.0 Å². The molecular formula is C32H34N2O5. The van der Waals surface area contributed by atoms with Crippen molar-refractivity contribution in [3.8, 4) is 11.3 Å². The molecule has 1 amide bonds. The standard InChI is InChI=1S/C32H34N2O5/c1-4-5-6-14-28(36)34-24-13-8-7-12-22(24)33-23-18-32(2,3)19-25(35)29(23)30(34)27-16-15-26(39-27)20-10-9-11-21(17-20)31(37)38/h7-13,15-17,30,33H,4-6,14,18-19H2,1-3H3,(H,37,38)/t30-/m1/s1. The van der Waals surface area contributed by atoms with Crippen molar-refractivity contribution < 1.29 is 23.9 Å². The van der Waals surface area contributed by atoms with Crippen molar-refractivity contribution >= 4 is 29.0 Å². The van der Waals surface area contributed by atoms with Crippen LogP contribution in [0.1, 0.15) is 81.5 Å². The van der Waals surface area contributed by atoms with E-state index in [-0.39, 0.29) is 22.7 Å². The summed E-state index contributed by atoms with van der Waals surface area (Å²) in [4.78, 5) is 41.0. The second-order valence-electron chi connectivity index (χ2n) is 11.2. The van der Waals surface area contributed by atoms with Crippen LogP contribution in [0.4, 0.5) is 11.4 Å². The smallest absolute Gasteiger partial charge is 0.335 e. The minimum Gasteiger partial charge on any atom is -0.478 e. The Morgan fingerprint density at radius 1 is 1.05 bits per heavy atom. The number of carboxylic acid groups (broad SMARTS) is 1. The van der Waals surface area contributed by atoms with Crippen molar-refractivity contribution in [3.63, 3.8) is 0 Å². The summed E-state index contributed by atoms with van der Waals surface area (Å²) in [6.45, 7) is 6.26. The van der Waals surface area contributed by atoms with Gasteiger partial charge in [-0.05, 0) is 54.7 Å². The van der Waals surface area contributed by atoms with E-state index in [2.05, 4.69) is 26.1 Å². The SMILES string of the molecule is CCCCCC(=O)N1c2ccccc2NC2=C(C(=O)CC(C)(C)C2)[C@H]1c1ccc(-c2cccc(C(=O)O)c2)o1. The highest BCUT2D eigenvalue weighted by molar-refractivity contribution is 6.06. The minimum atomic E-state index is -1.02. The average molecular weight is 527 g/mol. The van der Waals surface area contributed by atoms with Crippen molar-refractivity contribution in [2.75, 3.05) is 10.2 Å². The molecule has 0 bridgehead atoms. The summed E-state index contributed by atoms with van der Waals surface area (Å²) in [6.07, 6.45) is 4.07. The molecule has 39 heavy (non-hydrogen) atoms. The fraction of sp³-hybridized carbons (Fsp3) is 0.344. The number of hydrogen-bond acceptors (Lipinski definition) is 5. The largest absolute Gasteiger partial charge is 0.478 e. The van der Waals surface area contributed by atoms with Gasteiger partial charge in [-0.1, -0.05) is 57.9 Å². The molecule has 1 aliphatic carbocycles. The highest BCUT2D eigenvalue weighted by Crippen LogP contribution is 2.49. The monoisotopic (exact) mass is 526 g/mol. The first kappa shape index (κ1) is 26.5. The summed E-state index contributed by atoms with van der Waals surface area (Å²) in [5.41, 5.74) is 3.38. The number of anilines is 2. The van der Waals surface area contributed by atoms with E-state index in [0.717, 1.165) is 30.6 Å². The van der Waals surface area contributed by atoms with Crippen LogP contribution in [0.5, 0.6) is 0 Å². The van der Waals surface area contributed by atoms with Crippen molar-refractivity contribution in [2.24, 2.45) is 5.41 Å². The second kappa shape index (κ2) is 10.6.